The Labute approximate surface area is 283 Å². The topological polar surface area (TPSA) is 191 Å². The number of carbonyl (C=O) groups is 6. The number of rotatable bonds is 9. The van der Waals surface area contributed by atoms with Crippen LogP contribution in [0.4, 0.5) is 0 Å². The van der Waals surface area contributed by atoms with Gasteiger partial charge in [-0.05, 0) is 31.1 Å². The number of fused-ring (bicyclic) bond motifs is 3. The van der Waals surface area contributed by atoms with Crippen molar-refractivity contribution >= 4 is 47.4 Å². The third-order valence-electron chi connectivity index (χ3n) is 9.66. The van der Waals surface area contributed by atoms with Crippen LogP contribution < -0.4 is 0 Å². The fraction of sp³-hybridized carbons (Fsp3) is 0.697. The van der Waals surface area contributed by atoms with Crippen LogP contribution in [-0.4, -0.2) is 101 Å². The van der Waals surface area contributed by atoms with Crippen LogP contribution >= 0.6 is 11.6 Å². The van der Waals surface area contributed by atoms with Crippen LogP contribution in [0.3, 0.4) is 0 Å². The lowest BCUT2D eigenvalue weighted by atomic mass is 9.51. The molecule has 0 radical (unpaired) electrons. The van der Waals surface area contributed by atoms with E-state index in [1.807, 2.05) is 6.92 Å². The van der Waals surface area contributed by atoms with Crippen LogP contribution in [0, 0.1) is 17.3 Å². The van der Waals surface area contributed by atoms with Crippen LogP contribution in [0.5, 0.6) is 0 Å². The molecule has 2 aliphatic carbocycles. The van der Waals surface area contributed by atoms with Gasteiger partial charge >= 0.3 is 35.8 Å². The Kier molecular flexibility index (Phi) is 11.0. The average molecular weight is 699 g/mol. The number of esters is 6. The van der Waals surface area contributed by atoms with Crippen LogP contribution in [-0.2, 0) is 61.9 Å². The van der Waals surface area contributed by atoms with E-state index in [0.717, 1.165) is 27.7 Å². The summed E-state index contributed by atoms with van der Waals surface area (Å²) in [6, 6.07) is 0. The number of carbonyl (C=O) groups excluding carboxylic acids is 6. The summed E-state index contributed by atoms with van der Waals surface area (Å²) < 4.78 is 41.3. The maximum atomic E-state index is 13.3. The van der Waals surface area contributed by atoms with E-state index in [1.165, 1.54) is 32.1 Å². The number of unbranched alkanes of at least 4 members (excludes halogenated alkanes) is 1. The van der Waals surface area contributed by atoms with Gasteiger partial charge in [0, 0.05) is 45.9 Å². The van der Waals surface area contributed by atoms with Gasteiger partial charge in [-0.1, -0.05) is 26.3 Å². The summed E-state index contributed by atoms with van der Waals surface area (Å²) in [5.41, 5.74) is -5.51. The Bertz CT molecular complexity index is 1390. The second kappa shape index (κ2) is 14.2. The second-order valence-electron chi connectivity index (χ2n) is 13.0. The van der Waals surface area contributed by atoms with Crippen molar-refractivity contribution in [3.63, 3.8) is 0 Å². The highest BCUT2D eigenvalue weighted by molar-refractivity contribution is 6.19. The van der Waals surface area contributed by atoms with Gasteiger partial charge in [0.1, 0.15) is 17.8 Å². The summed E-state index contributed by atoms with van der Waals surface area (Å²) in [5.74, 6) is -7.67. The molecule has 1 N–H and O–H groups in total. The first-order valence-corrected chi connectivity index (χ1v) is 16.4. The highest BCUT2D eigenvalue weighted by Gasteiger charge is 2.81. The fourth-order valence-electron chi connectivity index (χ4n) is 7.44. The molecule has 0 amide bonds. The number of ether oxygens (including phenoxy) is 7. The number of allylic oxidation sites excluding steroid dienone is 2. The zero-order chi connectivity index (χ0) is 35.8. The summed E-state index contributed by atoms with van der Waals surface area (Å²) in [5, 5.41) is 12.7. The van der Waals surface area contributed by atoms with E-state index in [0.29, 0.717) is 18.4 Å². The van der Waals surface area contributed by atoms with E-state index in [-0.39, 0.29) is 18.9 Å². The van der Waals surface area contributed by atoms with Gasteiger partial charge in [0.25, 0.3) is 0 Å². The van der Waals surface area contributed by atoms with Crippen LogP contribution in [0.15, 0.2) is 23.8 Å². The minimum atomic E-state index is -2.33. The minimum absolute atomic E-state index is 0.0143. The van der Waals surface area contributed by atoms with Gasteiger partial charge in [0.2, 0.25) is 0 Å². The van der Waals surface area contributed by atoms with Crippen molar-refractivity contribution in [1.29, 1.82) is 0 Å². The van der Waals surface area contributed by atoms with Gasteiger partial charge in [0.05, 0.1) is 17.9 Å². The smallest absolute Gasteiger partial charge is 0.312 e. The van der Waals surface area contributed by atoms with E-state index in [9.17, 15) is 33.9 Å². The molecule has 11 atom stereocenters. The third kappa shape index (κ3) is 6.71. The van der Waals surface area contributed by atoms with E-state index >= 15 is 0 Å². The lowest BCUT2D eigenvalue weighted by Crippen LogP contribution is -2.76. The Balaban J connectivity index is 2.14. The molecule has 0 aromatic carbocycles. The standard InChI is InChI=1S/C33H43ClO14/c1-8-9-10-24(39)48-28-25(44-18(4)36)27(45-19(5)37)31(7)22(43-17(3)35)12-11-21(14-34)13-23-33(41,16(2)30(40)47-23)29(46-20(6)38)26(31)32(28)15-42-32/h11-13,16,22-23,25-29,41H,8-10,14-15H2,1-7H3. The highest BCUT2D eigenvalue weighted by Crippen LogP contribution is 2.63. The predicted octanol–water partition coefficient (Wildman–Crippen LogP) is 2.25. The van der Waals surface area contributed by atoms with Crippen molar-refractivity contribution in [2.24, 2.45) is 17.3 Å². The Morgan fingerprint density at radius 3 is 2.04 bits per heavy atom. The second-order valence-corrected chi connectivity index (χ2v) is 13.2. The molecule has 266 valence electrons. The maximum absolute atomic E-state index is 13.3. The van der Waals surface area contributed by atoms with Crippen molar-refractivity contribution in [2.75, 3.05) is 12.5 Å². The molecule has 2 saturated heterocycles. The van der Waals surface area contributed by atoms with Crippen LogP contribution in [0.25, 0.3) is 0 Å². The van der Waals surface area contributed by atoms with Gasteiger partial charge in [-0.2, -0.15) is 0 Å². The van der Waals surface area contributed by atoms with Crippen molar-refractivity contribution in [3.05, 3.63) is 23.8 Å². The lowest BCUT2D eigenvalue weighted by Gasteiger charge is -2.59. The predicted molar refractivity (Wildman–Crippen MR) is 164 cm³/mol. The number of alkyl halides is 1. The molecule has 2 aliphatic heterocycles. The number of aliphatic hydroxyl groups is 1. The molecule has 0 aromatic heterocycles. The zero-order valence-electron chi connectivity index (χ0n) is 28.0. The average Bonchev–Trinajstić information content (AvgIpc) is 3.75. The van der Waals surface area contributed by atoms with E-state index < -0.39 is 101 Å². The molecule has 1 saturated carbocycles. The normalized spacial score (nSPS) is 38.4. The van der Waals surface area contributed by atoms with E-state index in [1.54, 1.807) is 0 Å². The quantitative estimate of drug-likeness (QED) is 0.160. The van der Waals surface area contributed by atoms with Crippen LogP contribution in [0.2, 0.25) is 0 Å². The molecule has 2 heterocycles. The summed E-state index contributed by atoms with van der Waals surface area (Å²) in [7, 11) is 0. The van der Waals surface area contributed by atoms with Crippen molar-refractivity contribution in [1.82, 2.24) is 0 Å². The highest BCUT2D eigenvalue weighted by atomic mass is 35.5. The van der Waals surface area contributed by atoms with Gasteiger partial charge < -0.3 is 38.3 Å². The molecule has 14 nitrogen and oxygen atoms in total. The van der Waals surface area contributed by atoms with Gasteiger partial charge in [0.15, 0.2) is 30.0 Å². The van der Waals surface area contributed by atoms with Crippen molar-refractivity contribution < 1.29 is 67.0 Å². The minimum Gasteiger partial charge on any atom is -0.459 e. The third-order valence-corrected chi connectivity index (χ3v) is 9.97. The zero-order valence-corrected chi connectivity index (χ0v) is 28.8. The molecule has 11 unspecified atom stereocenters. The number of halogens is 1. The molecule has 4 rings (SSSR count). The molecule has 0 bridgehead atoms. The van der Waals surface area contributed by atoms with Gasteiger partial charge in [-0.3, -0.25) is 28.8 Å². The Hall–Kier alpha value is -3.49. The summed E-state index contributed by atoms with van der Waals surface area (Å²) in [6.45, 7) is 9.07. The van der Waals surface area contributed by atoms with Crippen molar-refractivity contribution in [3.8, 4) is 0 Å². The summed E-state index contributed by atoms with van der Waals surface area (Å²) in [6.07, 6.45) is -3.67. The van der Waals surface area contributed by atoms with E-state index in [2.05, 4.69) is 0 Å². The summed E-state index contributed by atoms with van der Waals surface area (Å²) in [4.78, 5) is 77.6. The van der Waals surface area contributed by atoms with Crippen LogP contribution in [0.1, 0.15) is 67.7 Å². The first-order valence-electron chi connectivity index (χ1n) is 15.9. The molecular formula is C33H43ClO14. The van der Waals surface area contributed by atoms with E-state index in [4.69, 9.17) is 44.8 Å². The SMILES string of the molecule is CCCCC(=O)OC1C(OC(C)=O)C(OC(C)=O)C2(C)C(OC(C)=O)C=CC(CCl)=CC3OC(=O)C(C)C3(O)C(OC(C)=O)C2C12CO2. The largest absolute Gasteiger partial charge is 0.459 e. The lowest BCUT2D eigenvalue weighted by molar-refractivity contribution is -0.279. The Morgan fingerprint density at radius 1 is 0.938 bits per heavy atom. The van der Waals surface area contributed by atoms with Gasteiger partial charge in [-0.25, -0.2) is 0 Å². The first kappa shape index (κ1) is 37.3. The molecular weight excluding hydrogens is 656 g/mol. The number of hydrogen-bond acceptors (Lipinski definition) is 14. The first-order chi connectivity index (χ1) is 22.5. The number of epoxide rings is 1. The molecule has 1 spiro atoms. The maximum Gasteiger partial charge on any atom is 0.312 e. The fourth-order valence-corrected chi connectivity index (χ4v) is 7.62. The summed E-state index contributed by atoms with van der Waals surface area (Å²) >= 11 is 6.26. The molecule has 4 aliphatic rings. The number of hydrogen-bond donors (Lipinski definition) is 1. The van der Waals surface area contributed by atoms with Crippen molar-refractivity contribution in [2.45, 2.75) is 116 Å². The molecule has 3 fully saturated rings. The van der Waals surface area contributed by atoms with Gasteiger partial charge in [-0.15, -0.1) is 11.6 Å². The Morgan fingerprint density at radius 2 is 1.52 bits per heavy atom. The molecule has 0 aromatic rings. The monoisotopic (exact) mass is 698 g/mol. The molecule has 48 heavy (non-hydrogen) atoms. The molecule has 15 heteroatoms.